The van der Waals surface area contributed by atoms with Gasteiger partial charge in [0.25, 0.3) is 0 Å². The second-order valence-electron chi connectivity index (χ2n) is 4.78. The Hall–Kier alpha value is -2.62. The molecule has 0 spiro atoms. The lowest BCUT2D eigenvalue weighted by atomic mass is 10.1. The van der Waals surface area contributed by atoms with E-state index < -0.39 is 0 Å². The SMILES string of the molecule is COc1cccc(-c2cc(-c3ccc(F)cc3)nn2C)c1. The van der Waals surface area contributed by atoms with E-state index in [1.54, 1.807) is 19.2 Å². The molecule has 0 bridgehead atoms. The minimum atomic E-state index is -0.247. The van der Waals surface area contributed by atoms with Crippen LogP contribution in [-0.2, 0) is 7.05 Å². The van der Waals surface area contributed by atoms with Crippen LogP contribution in [-0.4, -0.2) is 16.9 Å². The molecule has 0 aliphatic heterocycles. The summed E-state index contributed by atoms with van der Waals surface area (Å²) < 4.78 is 20.1. The molecule has 0 unspecified atom stereocenters. The molecule has 3 nitrogen and oxygen atoms in total. The Morgan fingerprint density at radius 2 is 1.76 bits per heavy atom. The highest BCUT2D eigenvalue weighted by Gasteiger charge is 2.10. The van der Waals surface area contributed by atoms with Crippen molar-refractivity contribution >= 4 is 0 Å². The highest BCUT2D eigenvalue weighted by molar-refractivity contribution is 5.69. The molecule has 106 valence electrons. The molecule has 0 N–H and O–H groups in total. The molecule has 21 heavy (non-hydrogen) atoms. The molecule has 0 saturated heterocycles. The van der Waals surface area contributed by atoms with Gasteiger partial charge >= 0.3 is 0 Å². The summed E-state index contributed by atoms with van der Waals surface area (Å²) in [7, 11) is 3.54. The van der Waals surface area contributed by atoms with Crippen LogP contribution in [0.3, 0.4) is 0 Å². The van der Waals surface area contributed by atoms with Crippen LogP contribution < -0.4 is 4.74 Å². The molecule has 0 saturated carbocycles. The molecular weight excluding hydrogens is 267 g/mol. The number of halogens is 1. The molecular formula is C17H15FN2O. The lowest BCUT2D eigenvalue weighted by Crippen LogP contribution is -1.94. The van der Waals surface area contributed by atoms with Gasteiger partial charge < -0.3 is 4.74 Å². The summed E-state index contributed by atoms with van der Waals surface area (Å²) in [4.78, 5) is 0. The maximum atomic E-state index is 13.0. The van der Waals surface area contributed by atoms with Crippen molar-refractivity contribution in [3.63, 3.8) is 0 Å². The summed E-state index contributed by atoms with van der Waals surface area (Å²) in [6, 6.07) is 16.1. The third-order valence-electron chi connectivity index (χ3n) is 3.39. The molecule has 4 heteroatoms. The zero-order chi connectivity index (χ0) is 14.8. The zero-order valence-electron chi connectivity index (χ0n) is 11.9. The van der Waals surface area contributed by atoms with Crippen molar-refractivity contribution < 1.29 is 9.13 Å². The lowest BCUT2D eigenvalue weighted by Gasteiger charge is -2.04. The van der Waals surface area contributed by atoms with Gasteiger partial charge in [-0.1, -0.05) is 12.1 Å². The highest BCUT2D eigenvalue weighted by Crippen LogP contribution is 2.27. The van der Waals surface area contributed by atoms with Gasteiger partial charge in [0.05, 0.1) is 18.5 Å². The summed E-state index contributed by atoms with van der Waals surface area (Å²) in [5, 5.41) is 4.50. The first-order chi connectivity index (χ1) is 10.2. The summed E-state index contributed by atoms with van der Waals surface area (Å²) >= 11 is 0. The average molecular weight is 282 g/mol. The Morgan fingerprint density at radius 3 is 2.48 bits per heavy atom. The molecule has 1 aromatic heterocycles. The van der Waals surface area contributed by atoms with Crippen LogP contribution >= 0.6 is 0 Å². The summed E-state index contributed by atoms with van der Waals surface area (Å²) in [6.45, 7) is 0. The van der Waals surface area contributed by atoms with Crippen molar-refractivity contribution in [2.45, 2.75) is 0 Å². The van der Waals surface area contributed by atoms with E-state index in [0.717, 1.165) is 28.3 Å². The second kappa shape index (κ2) is 5.40. The standard InChI is InChI=1S/C17H15FN2O/c1-20-17(13-4-3-5-15(10-13)21-2)11-16(19-20)12-6-8-14(18)9-7-12/h3-11H,1-2H3. The first-order valence-corrected chi connectivity index (χ1v) is 6.62. The Morgan fingerprint density at radius 1 is 1.00 bits per heavy atom. The molecule has 0 amide bonds. The van der Waals surface area contributed by atoms with E-state index >= 15 is 0 Å². The number of aryl methyl sites for hydroxylation is 1. The van der Waals surface area contributed by atoms with E-state index in [1.807, 2.05) is 42.1 Å². The van der Waals surface area contributed by atoms with Gasteiger partial charge in [-0.05, 0) is 42.5 Å². The quantitative estimate of drug-likeness (QED) is 0.728. The maximum absolute atomic E-state index is 13.0. The molecule has 0 atom stereocenters. The number of ether oxygens (including phenoxy) is 1. The van der Waals surface area contributed by atoms with Crippen molar-refractivity contribution in [1.82, 2.24) is 9.78 Å². The number of methoxy groups -OCH3 is 1. The van der Waals surface area contributed by atoms with Gasteiger partial charge in [-0.2, -0.15) is 5.10 Å². The lowest BCUT2D eigenvalue weighted by molar-refractivity contribution is 0.415. The Bertz CT molecular complexity index is 763. The Labute approximate surface area is 122 Å². The third kappa shape index (κ3) is 2.65. The van der Waals surface area contributed by atoms with Gasteiger partial charge in [0, 0.05) is 18.2 Å². The number of nitrogens with zero attached hydrogens (tertiary/aromatic N) is 2. The molecule has 1 heterocycles. The van der Waals surface area contributed by atoms with Gasteiger partial charge in [-0.15, -0.1) is 0 Å². The minimum Gasteiger partial charge on any atom is -0.497 e. The summed E-state index contributed by atoms with van der Waals surface area (Å²) in [6.07, 6.45) is 0. The van der Waals surface area contributed by atoms with E-state index in [4.69, 9.17) is 4.74 Å². The first kappa shape index (κ1) is 13.4. The predicted octanol–water partition coefficient (Wildman–Crippen LogP) is 3.90. The van der Waals surface area contributed by atoms with Crippen molar-refractivity contribution in [2.24, 2.45) is 7.05 Å². The van der Waals surface area contributed by atoms with Crippen LogP contribution in [0.4, 0.5) is 4.39 Å². The van der Waals surface area contributed by atoms with Crippen LogP contribution in [0, 0.1) is 5.82 Å². The van der Waals surface area contributed by atoms with Crippen LogP contribution in [0.2, 0.25) is 0 Å². The van der Waals surface area contributed by atoms with Crippen molar-refractivity contribution in [3.05, 3.63) is 60.4 Å². The van der Waals surface area contributed by atoms with Crippen LogP contribution in [0.1, 0.15) is 0 Å². The Balaban J connectivity index is 2.03. The van der Waals surface area contributed by atoms with Gasteiger partial charge in [0.15, 0.2) is 0 Å². The van der Waals surface area contributed by atoms with Crippen molar-refractivity contribution in [3.8, 4) is 28.3 Å². The number of benzene rings is 2. The number of hydrogen-bond donors (Lipinski definition) is 0. The molecule has 3 aromatic rings. The topological polar surface area (TPSA) is 27.1 Å². The monoisotopic (exact) mass is 282 g/mol. The molecule has 2 aromatic carbocycles. The van der Waals surface area contributed by atoms with Crippen LogP contribution in [0.5, 0.6) is 5.75 Å². The molecule has 3 rings (SSSR count). The minimum absolute atomic E-state index is 0.247. The largest absolute Gasteiger partial charge is 0.497 e. The second-order valence-corrected chi connectivity index (χ2v) is 4.78. The normalized spacial score (nSPS) is 10.6. The van der Waals surface area contributed by atoms with Crippen molar-refractivity contribution in [2.75, 3.05) is 7.11 Å². The summed E-state index contributed by atoms with van der Waals surface area (Å²) in [5.74, 6) is 0.555. The van der Waals surface area contributed by atoms with Gasteiger partial charge in [-0.3, -0.25) is 4.68 Å². The predicted molar refractivity (Wildman–Crippen MR) is 80.6 cm³/mol. The van der Waals surface area contributed by atoms with E-state index in [9.17, 15) is 4.39 Å². The van der Waals surface area contributed by atoms with E-state index in [-0.39, 0.29) is 5.82 Å². The first-order valence-electron chi connectivity index (χ1n) is 6.62. The van der Waals surface area contributed by atoms with Crippen molar-refractivity contribution in [1.29, 1.82) is 0 Å². The smallest absolute Gasteiger partial charge is 0.123 e. The summed E-state index contributed by atoms with van der Waals surface area (Å²) in [5.41, 5.74) is 3.71. The molecule has 0 radical (unpaired) electrons. The maximum Gasteiger partial charge on any atom is 0.123 e. The fraction of sp³-hybridized carbons (Fsp3) is 0.118. The van der Waals surface area contributed by atoms with Crippen LogP contribution in [0.25, 0.3) is 22.5 Å². The molecule has 0 aliphatic rings. The average Bonchev–Trinajstić information content (AvgIpc) is 2.90. The molecule has 0 fully saturated rings. The number of hydrogen-bond acceptors (Lipinski definition) is 2. The zero-order valence-corrected chi connectivity index (χ0v) is 11.9. The van der Waals surface area contributed by atoms with Gasteiger partial charge in [-0.25, -0.2) is 4.39 Å². The van der Waals surface area contributed by atoms with Crippen LogP contribution in [0.15, 0.2) is 54.6 Å². The highest BCUT2D eigenvalue weighted by atomic mass is 19.1. The number of rotatable bonds is 3. The van der Waals surface area contributed by atoms with Gasteiger partial charge in [0.2, 0.25) is 0 Å². The third-order valence-corrected chi connectivity index (χ3v) is 3.39. The van der Waals surface area contributed by atoms with E-state index in [2.05, 4.69) is 5.10 Å². The molecule has 0 aliphatic carbocycles. The fourth-order valence-electron chi connectivity index (χ4n) is 2.28. The Kier molecular flexibility index (Phi) is 3.44. The van der Waals surface area contributed by atoms with Gasteiger partial charge in [0.1, 0.15) is 11.6 Å². The van der Waals surface area contributed by atoms with E-state index in [1.165, 1.54) is 12.1 Å². The van der Waals surface area contributed by atoms with E-state index in [0.29, 0.717) is 0 Å². The fourth-order valence-corrected chi connectivity index (χ4v) is 2.28. The number of aromatic nitrogens is 2.